The lowest BCUT2D eigenvalue weighted by molar-refractivity contribution is -0.169. The summed E-state index contributed by atoms with van der Waals surface area (Å²) in [5.74, 6) is -3.41. The third-order valence-electron chi connectivity index (χ3n) is 16.0. The number of aliphatic hydroxyl groups is 2. The van der Waals surface area contributed by atoms with E-state index in [1.165, 1.54) is 57.0 Å². The lowest BCUT2D eigenvalue weighted by atomic mass is 9.99. The minimum atomic E-state index is -5.11. The molecule has 1 aliphatic heterocycles. The molecule has 9 heterocycles. The molecule has 6 N–H and O–H groups in total. The highest BCUT2D eigenvalue weighted by Gasteiger charge is 2.52. The number of alkyl halides is 10. The fourth-order valence-corrected chi connectivity index (χ4v) is 16.5. The number of nitrogens with zero attached hydrogens (tertiary/aromatic N) is 10. The molecule has 1 saturated heterocycles. The lowest BCUT2D eigenvalue weighted by Crippen LogP contribution is -2.51. The highest BCUT2D eigenvalue weighted by molar-refractivity contribution is 9.11. The molecule has 0 radical (unpaired) electrons. The number of halogens is 16. The quantitative estimate of drug-likeness (QED) is 0.0242. The molecule has 25 nitrogen and oxygen atoms in total. The molecule has 0 aliphatic carbocycles. The summed E-state index contributed by atoms with van der Waals surface area (Å²) in [6, 6.07) is 39.4. The minimum absolute atomic E-state index is 0.00722. The van der Waals surface area contributed by atoms with Crippen molar-refractivity contribution in [2.75, 3.05) is 50.9 Å². The number of nitrogens with one attached hydrogen (secondary N) is 4. The Morgan fingerprint density at radius 2 is 0.906 bits per heavy atom. The van der Waals surface area contributed by atoms with E-state index in [2.05, 4.69) is 146 Å². The van der Waals surface area contributed by atoms with Gasteiger partial charge in [-0.3, -0.25) is 72.8 Å². The van der Waals surface area contributed by atoms with Crippen molar-refractivity contribution < 1.29 is 89.9 Å². The van der Waals surface area contributed by atoms with E-state index in [0.717, 1.165) is 78.6 Å². The van der Waals surface area contributed by atoms with Gasteiger partial charge in [0.25, 0.3) is 11.8 Å². The number of thioether (sulfide) groups is 1. The predicted molar refractivity (Wildman–Crippen MR) is 504 cm³/mol. The largest absolute Gasteiger partial charge is 0.474 e. The molecule has 7 unspecified atom stereocenters. The van der Waals surface area contributed by atoms with Crippen molar-refractivity contribution in [2.45, 2.75) is 110 Å². The van der Waals surface area contributed by atoms with Crippen LogP contribution in [0.5, 0.6) is 0 Å². The topological polar surface area (TPSA) is 389 Å². The van der Waals surface area contributed by atoms with Crippen LogP contribution in [0.15, 0.2) is 226 Å². The second kappa shape index (κ2) is 54.8. The Labute approximate surface area is 799 Å². The third kappa shape index (κ3) is 44.0. The fraction of sp³-hybridized carbons (Fsp3) is 0.321. The van der Waals surface area contributed by atoms with Crippen LogP contribution in [-0.4, -0.2) is 181 Å². The maximum atomic E-state index is 13.8. The van der Waals surface area contributed by atoms with Crippen LogP contribution < -0.4 is 5.32 Å². The number of aliphatic hydroxyl groups excluding tert-OH is 2. The summed E-state index contributed by atoms with van der Waals surface area (Å²) >= 11 is 26.8. The number of carbonyl (C=O) groups is 3. The highest BCUT2D eigenvalue weighted by atomic mass is 79.9. The molecule has 128 heavy (non-hydrogen) atoms. The molecule has 3 amide bonds. The van der Waals surface area contributed by atoms with Crippen molar-refractivity contribution in [3.8, 4) is 22.3 Å². The van der Waals surface area contributed by atoms with Gasteiger partial charge in [0.15, 0.2) is 0 Å². The Balaban J connectivity index is 0.000000322. The molecule has 696 valence electrons. The number of carbonyl (C=O) groups excluding carboxylic acids is 3. The summed E-state index contributed by atoms with van der Waals surface area (Å²) < 4.78 is 206. The van der Waals surface area contributed by atoms with Gasteiger partial charge in [-0.05, 0) is 223 Å². The highest BCUT2D eigenvalue weighted by Crippen LogP contribution is 2.42. The summed E-state index contributed by atoms with van der Waals surface area (Å²) in [6.45, 7) is 0.707. The Morgan fingerprint density at radius 1 is 0.555 bits per heavy atom. The maximum Gasteiger partial charge on any atom is 0.474 e. The SMILES string of the molecule is CC1(C)OC(c2ccc(-c3ccc(CS(C)(=N)=O)nc3)cc2)C(CF)N1C(=O)C(F)F.CS(=N)(=O)Cc1ccc(-c2ccc([C@@H](O)[C@@H](CF)NC(=O)C(F)F)cc2)cn1.CS(=N)(=O)Cc1ccc(Br)cn1.CS(=O)(Cc1ccc(Br)cn1)=NC(=O)C(F)(F)F.CS(=O)Cc1ccc(Br)cn1.CSCc1ccc(Br)cn1.ClCc1ccc(Br)cn1.OCc1ccc(Br)cn1. The standard InChI is InChI=1S/C21H24F3N3O3S.C18H20F3N3O3S.C9H8BrF3N2O2S.C7H9BrN2OS.C7H8BrNOS.C7H8BrNS.C6H5BrClN.C6H6BrNO/c1-21(2)27(20(28)19(23)24)17(10-22)18(30-21)14-6-4-13(5-7-14)15-8-9-16(26-11-15)12-31(3,25)29;1-28(22,27)10-14-7-6-13(9-23-14)11-2-4-12(5-3-11)16(25)15(8-19)24-18(26)17(20)21;1-18(17,15-8(16)9(11,12)13)5-7-3-2-6(10)4-14-7;1-12(9,11)5-7-3-2-6(8)4-10-7;1-11(10)5-7-3-2-6(8)4-9-7;1-10-5-7-3-2-6(8)4-9-7;7-5-1-2-6(3-8)9-4-5;7-5-1-2-6(4-9)8-3-5/h4-9,11,17-19,25H,10,12H2,1-3H3;2-7,9,15-17,22,25H,8,10H2,1H3,(H,24,26);2-4H,5H2,1H3;2-4,9H,5H2,1H3;2-4H,5H2,1H3;2-4H,5H2,1H3;1-2,4H,3H2;1-3,9H,4H2/t;15-,16-,28?;;;;;;/m.1....../s1. The van der Waals surface area contributed by atoms with Gasteiger partial charge in [0, 0.05) is 165 Å². The summed E-state index contributed by atoms with van der Waals surface area (Å²) in [4.78, 5) is 66.9. The second-order valence-corrected chi connectivity index (χ2v) is 45.1. The molecule has 2 aromatic carbocycles. The molecule has 11 rings (SSSR count). The van der Waals surface area contributed by atoms with Gasteiger partial charge < -0.3 is 25.2 Å². The van der Waals surface area contributed by atoms with Gasteiger partial charge >= 0.3 is 24.9 Å². The van der Waals surface area contributed by atoms with Crippen LogP contribution in [-0.2, 0) is 116 Å². The van der Waals surface area contributed by atoms with Crippen molar-refractivity contribution in [3.05, 3.63) is 279 Å². The van der Waals surface area contributed by atoms with E-state index in [1.54, 1.807) is 139 Å². The van der Waals surface area contributed by atoms with Gasteiger partial charge in [0.2, 0.25) is 0 Å². The van der Waals surface area contributed by atoms with E-state index in [9.17, 15) is 80.0 Å². The molecule has 47 heteroatoms. The molecule has 1 fully saturated rings. The summed E-state index contributed by atoms with van der Waals surface area (Å²) in [5, 5.41) is 20.5. The van der Waals surface area contributed by atoms with Crippen molar-refractivity contribution in [1.29, 1.82) is 14.3 Å². The van der Waals surface area contributed by atoms with Crippen LogP contribution in [0.4, 0.5) is 39.5 Å². The van der Waals surface area contributed by atoms with Crippen LogP contribution in [0, 0.1) is 14.3 Å². The van der Waals surface area contributed by atoms with E-state index in [4.69, 9.17) is 35.8 Å². The number of ether oxygens (including phenoxy) is 1. The molecular formula is C81H88Br6ClF9N14O11S6. The van der Waals surface area contributed by atoms with Gasteiger partial charge in [0.1, 0.15) is 31.3 Å². The zero-order valence-electron chi connectivity index (χ0n) is 69.0. The van der Waals surface area contributed by atoms with Gasteiger partial charge in [0.05, 0.1) is 109 Å². The van der Waals surface area contributed by atoms with Crippen molar-refractivity contribution in [2.24, 2.45) is 4.36 Å². The zero-order chi connectivity index (χ0) is 96.1. The summed E-state index contributed by atoms with van der Waals surface area (Å²) in [5.41, 5.74) is 8.16. The van der Waals surface area contributed by atoms with Crippen molar-refractivity contribution in [1.82, 2.24) is 50.1 Å². The van der Waals surface area contributed by atoms with Crippen LogP contribution in [0.3, 0.4) is 0 Å². The van der Waals surface area contributed by atoms with E-state index in [-0.39, 0.29) is 35.2 Å². The number of hydrogen-bond donors (Lipinski definition) is 6. The molecule has 8 aromatic heterocycles. The molecule has 0 spiro atoms. The minimum Gasteiger partial charge on any atom is -0.390 e. The van der Waals surface area contributed by atoms with Crippen molar-refractivity contribution in [3.63, 3.8) is 0 Å². The Kier molecular flexibility index (Phi) is 48.5. The first kappa shape index (κ1) is 113. The Morgan fingerprint density at radius 3 is 1.22 bits per heavy atom. The van der Waals surface area contributed by atoms with E-state index in [0.29, 0.717) is 50.1 Å². The summed E-state index contributed by atoms with van der Waals surface area (Å²) in [6.07, 6.45) is 7.96. The monoisotopic (exact) mass is 2300 g/mol. The van der Waals surface area contributed by atoms with Crippen LogP contribution in [0.25, 0.3) is 22.3 Å². The fourth-order valence-electron chi connectivity index (χ4n) is 10.4. The molecule has 9 atom stereocenters. The smallest absolute Gasteiger partial charge is 0.390 e. The van der Waals surface area contributed by atoms with Gasteiger partial charge in [-0.1, -0.05) is 60.7 Å². The zero-order valence-corrected chi connectivity index (χ0v) is 84.2. The van der Waals surface area contributed by atoms with Gasteiger partial charge in [-0.15, -0.1) is 11.6 Å². The predicted octanol–water partition coefficient (Wildman–Crippen LogP) is 19.7. The van der Waals surface area contributed by atoms with Crippen molar-refractivity contribution >= 4 is 186 Å². The number of hydrogen-bond acceptors (Lipinski definition) is 23. The number of rotatable bonds is 24. The summed E-state index contributed by atoms with van der Waals surface area (Å²) in [7, 11) is -11.9. The molecule has 0 bridgehead atoms. The lowest BCUT2D eigenvalue weighted by Gasteiger charge is -2.32. The number of aromatic nitrogens is 8. The number of pyridine rings is 8. The van der Waals surface area contributed by atoms with E-state index in [1.807, 2.05) is 54.7 Å². The van der Waals surface area contributed by atoms with Gasteiger partial charge in [-0.2, -0.15) is 46.9 Å². The van der Waals surface area contributed by atoms with E-state index >= 15 is 0 Å². The first-order chi connectivity index (χ1) is 59.8. The number of benzene rings is 2. The van der Waals surface area contributed by atoms with Crippen LogP contribution in [0.1, 0.15) is 82.7 Å². The normalized spacial score (nSPS) is 15.6. The molecule has 1 aliphatic rings. The van der Waals surface area contributed by atoms with Crippen LogP contribution >= 0.6 is 119 Å². The van der Waals surface area contributed by atoms with Crippen LogP contribution in [0.2, 0.25) is 0 Å². The van der Waals surface area contributed by atoms with Gasteiger partial charge in [-0.25, -0.2) is 25.6 Å². The Bertz CT molecular complexity index is 5630. The first-order valence-electron chi connectivity index (χ1n) is 36.6. The molecular weight excluding hydrogens is 2220 g/mol. The molecule has 10 aromatic rings. The Hall–Kier alpha value is -7.03. The molecule has 0 saturated carbocycles. The third-order valence-corrected chi connectivity index (χ3v) is 24.3. The first-order valence-corrected chi connectivity index (χ1v) is 53.5. The maximum absolute atomic E-state index is 13.8. The average molecular weight is 2310 g/mol. The second-order valence-electron chi connectivity index (χ2n) is 27.7. The average Bonchev–Trinajstić information content (AvgIpc) is 1.61. The number of amides is 3. The van der Waals surface area contributed by atoms with E-state index < -0.39 is 130 Å².